The van der Waals surface area contributed by atoms with Gasteiger partial charge in [0.2, 0.25) is 0 Å². The highest BCUT2D eigenvalue weighted by atomic mass is 32.1. The molecule has 77 heavy (non-hydrogen) atoms. The van der Waals surface area contributed by atoms with Crippen molar-refractivity contribution in [2.75, 3.05) is 9.80 Å². The first-order valence-electron chi connectivity index (χ1n) is 29.1. The third kappa shape index (κ3) is 7.06. The van der Waals surface area contributed by atoms with E-state index in [1.54, 1.807) is 0 Å². The Morgan fingerprint density at radius 1 is 0.416 bits per heavy atom. The van der Waals surface area contributed by atoms with E-state index in [2.05, 4.69) is 246 Å². The molecule has 0 saturated heterocycles. The van der Waals surface area contributed by atoms with Gasteiger partial charge in [-0.15, -0.1) is 11.3 Å². The summed E-state index contributed by atoms with van der Waals surface area (Å²) in [4.78, 5) is 5.52. The molecule has 0 amide bonds. The summed E-state index contributed by atoms with van der Waals surface area (Å²) in [6.07, 6.45) is 7.04. The van der Waals surface area contributed by atoms with E-state index >= 15 is 0 Å². The fourth-order valence-corrected chi connectivity index (χ4v) is 16.6. The zero-order valence-electron chi connectivity index (χ0n) is 48.7. The lowest BCUT2D eigenvalue weighted by Gasteiger charge is -2.48. The first kappa shape index (κ1) is 49.3. The van der Waals surface area contributed by atoms with Gasteiger partial charge in [0, 0.05) is 54.1 Å². The number of benzene rings is 7. The molecule has 0 unspecified atom stereocenters. The fraction of sp³-hybridized carbons (Fsp3) is 0.389. The lowest BCUT2D eigenvalue weighted by atomic mass is 9.35. The van der Waals surface area contributed by atoms with Crippen molar-refractivity contribution < 1.29 is 0 Å². The average Bonchev–Trinajstić information content (AvgIpc) is 4.13. The van der Waals surface area contributed by atoms with Crippen molar-refractivity contribution in [1.29, 1.82) is 0 Å². The zero-order valence-corrected chi connectivity index (χ0v) is 49.5. The summed E-state index contributed by atoms with van der Waals surface area (Å²) in [6.45, 7) is 37.0. The summed E-state index contributed by atoms with van der Waals surface area (Å²) >= 11 is 2.04. The number of para-hydroxylation sites is 2. The van der Waals surface area contributed by atoms with Crippen molar-refractivity contribution in [3.8, 4) is 5.69 Å². The van der Waals surface area contributed by atoms with E-state index in [9.17, 15) is 0 Å². The molecule has 390 valence electrons. The van der Waals surface area contributed by atoms with Gasteiger partial charge in [-0.3, -0.25) is 0 Å². The van der Waals surface area contributed by atoms with Crippen LogP contribution in [0.25, 0.3) is 37.6 Å². The standard InChI is InChI=1S/C72H78BN3S/c1-66(2,3)43-24-29-62-49(36-43)64-65(77-62)73-56-41-54-55(72(14,15)35-34-71(54,12)13)42-59(56)74(44-25-27-50-52(37-44)69(8,9)32-30-67(50,4)5)60-39-46(75-57-22-18-16-20-47(57)48-21-17-19-23-58(48)75)40-61(63(60)73)76(64)45-26-28-51-53(38-45)70(10,11)33-31-68(51,6)7/h16-29,36-42H,30-35H2,1-15H3. The topological polar surface area (TPSA) is 11.4 Å². The molecule has 5 aliphatic rings. The van der Waals surface area contributed by atoms with Crippen LogP contribution in [-0.4, -0.2) is 11.3 Å². The average molecular weight is 1030 g/mol. The van der Waals surface area contributed by atoms with Crippen molar-refractivity contribution in [1.82, 2.24) is 4.57 Å². The van der Waals surface area contributed by atoms with Crippen LogP contribution in [0, 0.1) is 0 Å². The van der Waals surface area contributed by atoms with Gasteiger partial charge in [0.1, 0.15) is 0 Å². The van der Waals surface area contributed by atoms with Gasteiger partial charge >= 0.3 is 0 Å². The highest BCUT2D eigenvalue weighted by Crippen LogP contribution is 2.56. The van der Waals surface area contributed by atoms with Gasteiger partial charge < -0.3 is 14.4 Å². The van der Waals surface area contributed by atoms with Crippen LogP contribution in [0.2, 0.25) is 0 Å². The van der Waals surface area contributed by atoms with Crippen molar-refractivity contribution in [3.63, 3.8) is 0 Å². The van der Waals surface area contributed by atoms with Crippen LogP contribution >= 0.6 is 11.3 Å². The highest BCUT2D eigenvalue weighted by molar-refractivity contribution is 7.33. The Morgan fingerprint density at radius 2 is 0.870 bits per heavy atom. The summed E-state index contributed by atoms with van der Waals surface area (Å²) in [5.74, 6) is 0. The number of hydrogen-bond donors (Lipinski definition) is 0. The molecular formula is C72H78BN3S. The number of rotatable bonds is 3. The van der Waals surface area contributed by atoms with Gasteiger partial charge in [0.25, 0.3) is 6.71 Å². The van der Waals surface area contributed by atoms with Crippen molar-refractivity contribution >= 4 is 99.8 Å². The minimum absolute atomic E-state index is 0.00679. The third-order valence-electron chi connectivity index (χ3n) is 20.5. The third-order valence-corrected chi connectivity index (χ3v) is 21.7. The lowest BCUT2D eigenvalue weighted by Crippen LogP contribution is -2.61. The van der Waals surface area contributed by atoms with Crippen molar-refractivity contribution in [3.05, 3.63) is 166 Å². The molecule has 3 nitrogen and oxygen atoms in total. The SMILES string of the molecule is CC(C)(C)c1ccc2sc3c(c2c1)N(c1ccc2c(c1)C(C)(C)CCC2(C)C)c1cc(-n2c4ccccc4c4ccccc42)cc2c1B3c1cc3c(cc1N2c1ccc2c(c1)C(C)(C)CCC2(C)C)C(C)(C)CCC3(C)C. The van der Waals surface area contributed by atoms with Gasteiger partial charge in [-0.1, -0.05) is 165 Å². The maximum atomic E-state index is 2.76. The van der Waals surface area contributed by atoms with Crippen molar-refractivity contribution in [2.45, 2.75) is 180 Å². The molecule has 0 saturated carbocycles. The number of aromatic nitrogens is 1. The molecular weight excluding hydrogens is 950 g/mol. The monoisotopic (exact) mass is 1030 g/mol. The summed E-state index contributed by atoms with van der Waals surface area (Å²) in [7, 11) is 0. The molecule has 0 bridgehead atoms. The predicted molar refractivity (Wildman–Crippen MR) is 335 cm³/mol. The number of thiophene rings is 1. The molecule has 3 aliphatic carbocycles. The minimum atomic E-state index is -0.0211. The molecule has 4 heterocycles. The summed E-state index contributed by atoms with van der Waals surface area (Å²) < 4.78 is 5.38. The maximum Gasteiger partial charge on any atom is 0.264 e. The van der Waals surface area contributed by atoms with Gasteiger partial charge in [0.15, 0.2) is 0 Å². The molecule has 5 heteroatoms. The summed E-state index contributed by atoms with van der Waals surface area (Å²) in [6, 6.07) is 51.5. The largest absolute Gasteiger partial charge is 0.311 e. The van der Waals surface area contributed by atoms with Crippen LogP contribution in [0.3, 0.4) is 0 Å². The number of anilines is 6. The van der Waals surface area contributed by atoms with Crippen LogP contribution in [0.1, 0.15) is 181 Å². The van der Waals surface area contributed by atoms with Crippen LogP contribution in [-0.2, 0) is 37.9 Å². The first-order valence-corrected chi connectivity index (χ1v) is 29.9. The molecule has 2 aliphatic heterocycles. The Hall–Kier alpha value is -6.04. The Bertz CT molecular complexity index is 3960. The van der Waals surface area contributed by atoms with Crippen molar-refractivity contribution in [2.24, 2.45) is 0 Å². The molecule has 0 spiro atoms. The van der Waals surface area contributed by atoms with E-state index in [0.717, 1.165) is 12.8 Å². The fourth-order valence-electron chi connectivity index (χ4n) is 15.3. The minimum Gasteiger partial charge on any atom is -0.311 e. The Labute approximate surface area is 463 Å². The van der Waals surface area contributed by atoms with E-state index in [1.807, 2.05) is 11.3 Å². The Kier molecular flexibility index (Phi) is 10.1. The molecule has 9 aromatic rings. The van der Waals surface area contributed by atoms with Crippen LogP contribution in [0.4, 0.5) is 34.1 Å². The van der Waals surface area contributed by atoms with Crippen LogP contribution in [0.15, 0.2) is 127 Å². The normalized spacial score (nSPS) is 19.9. The van der Waals surface area contributed by atoms with Crippen LogP contribution < -0.4 is 25.5 Å². The van der Waals surface area contributed by atoms with Gasteiger partial charge in [-0.25, -0.2) is 0 Å². The predicted octanol–water partition coefficient (Wildman–Crippen LogP) is 18.4. The van der Waals surface area contributed by atoms with E-state index in [0.29, 0.717) is 0 Å². The summed E-state index contributed by atoms with van der Waals surface area (Å²) in [5.41, 5.74) is 24.9. The van der Waals surface area contributed by atoms with E-state index in [4.69, 9.17) is 0 Å². The second-order valence-electron chi connectivity index (χ2n) is 29.4. The van der Waals surface area contributed by atoms with Gasteiger partial charge in [-0.2, -0.15) is 0 Å². The van der Waals surface area contributed by atoms with E-state index < -0.39 is 0 Å². The molecule has 7 aromatic carbocycles. The Morgan fingerprint density at radius 3 is 1.39 bits per heavy atom. The maximum absolute atomic E-state index is 2.76. The first-order chi connectivity index (χ1) is 36.3. The lowest BCUT2D eigenvalue weighted by molar-refractivity contribution is 0.332. The molecule has 0 fully saturated rings. The summed E-state index contributed by atoms with van der Waals surface area (Å²) in [5, 5.41) is 3.91. The van der Waals surface area contributed by atoms with Gasteiger partial charge in [-0.05, 0) is 193 Å². The van der Waals surface area contributed by atoms with Gasteiger partial charge in [0.05, 0.1) is 22.4 Å². The molecule has 0 N–H and O–H groups in total. The second kappa shape index (κ2) is 15.8. The highest BCUT2D eigenvalue weighted by Gasteiger charge is 2.49. The second-order valence-corrected chi connectivity index (χ2v) is 30.5. The van der Waals surface area contributed by atoms with Crippen LogP contribution in [0.5, 0.6) is 0 Å². The quantitative estimate of drug-likeness (QED) is 0.163. The van der Waals surface area contributed by atoms with E-state index in [-0.39, 0.29) is 44.6 Å². The molecule has 0 radical (unpaired) electrons. The number of fused-ring (bicyclic) bond motifs is 12. The number of hydrogen-bond acceptors (Lipinski definition) is 3. The zero-order chi connectivity index (χ0) is 53.9. The molecule has 14 rings (SSSR count). The Balaban J connectivity index is 1.17. The smallest absolute Gasteiger partial charge is 0.264 e. The van der Waals surface area contributed by atoms with E-state index in [1.165, 1.54) is 152 Å². The molecule has 2 aromatic heterocycles. The molecule has 0 atom stereocenters. The number of nitrogens with zero attached hydrogens (tertiary/aromatic N) is 3.